The molecule has 0 fully saturated rings. The predicted octanol–water partition coefficient (Wildman–Crippen LogP) is 3.43. The van der Waals surface area contributed by atoms with Gasteiger partial charge >= 0.3 is 0 Å². The molecule has 0 aliphatic rings. The Kier molecular flexibility index (Phi) is 3.42. The molecule has 2 aromatic carbocycles. The lowest BCUT2D eigenvalue weighted by molar-refractivity contribution is 0.515. The average Bonchev–Trinajstić information content (AvgIpc) is 2.95. The van der Waals surface area contributed by atoms with Gasteiger partial charge in [0.05, 0.1) is 22.8 Å². The molecule has 0 aliphatic heterocycles. The van der Waals surface area contributed by atoms with E-state index in [1.807, 2.05) is 0 Å². The van der Waals surface area contributed by atoms with E-state index in [9.17, 15) is 13.6 Å². The standard InChI is InChI=1S/C16H9BrF2N4O/c17-7-1-3-10-8(5-7)16(24)23-13(20-10)6-12-21-11-4-2-9(18)14(19)15(11)22-12/h1-5H,6H2,(H,21,22)(H,20,23,24). The Morgan fingerprint density at radius 3 is 2.67 bits per heavy atom. The van der Waals surface area contributed by atoms with Gasteiger partial charge in [0.25, 0.3) is 5.56 Å². The summed E-state index contributed by atoms with van der Waals surface area (Å²) in [6.07, 6.45) is 0.164. The summed E-state index contributed by atoms with van der Waals surface area (Å²) in [7, 11) is 0. The quantitative estimate of drug-likeness (QED) is 0.550. The van der Waals surface area contributed by atoms with Crippen molar-refractivity contribution < 1.29 is 8.78 Å². The van der Waals surface area contributed by atoms with Crippen LogP contribution >= 0.6 is 15.9 Å². The lowest BCUT2D eigenvalue weighted by Crippen LogP contribution is -2.12. The molecule has 0 aliphatic carbocycles. The summed E-state index contributed by atoms with van der Waals surface area (Å²) in [5.74, 6) is -1.19. The van der Waals surface area contributed by atoms with E-state index in [0.29, 0.717) is 28.1 Å². The second-order valence-electron chi connectivity index (χ2n) is 5.29. The van der Waals surface area contributed by atoms with Gasteiger partial charge < -0.3 is 9.97 Å². The van der Waals surface area contributed by atoms with E-state index < -0.39 is 11.6 Å². The minimum atomic E-state index is -1.00. The molecule has 0 unspecified atom stereocenters. The molecule has 8 heteroatoms. The highest BCUT2D eigenvalue weighted by molar-refractivity contribution is 9.10. The van der Waals surface area contributed by atoms with Crippen molar-refractivity contribution in [1.82, 2.24) is 19.9 Å². The number of benzene rings is 2. The lowest BCUT2D eigenvalue weighted by Gasteiger charge is -2.02. The van der Waals surface area contributed by atoms with Gasteiger partial charge in [-0.25, -0.2) is 18.7 Å². The second kappa shape index (κ2) is 5.48. The first-order chi connectivity index (χ1) is 11.5. The first kappa shape index (κ1) is 14.9. The number of nitrogens with one attached hydrogen (secondary N) is 2. The van der Waals surface area contributed by atoms with Crippen molar-refractivity contribution in [3.63, 3.8) is 0 Å². The third-order valence-electron chi connectivity index (χ3n) is 3.65. The van der Waals surface area contributed by atoms with Crippen molar-refractivity contribution in [2.75, 3.05) is 0 Å². The molecule has 2 aromatic heterocycles. The van der Waals surface area contributed by atoms with Gasteiger partial charge in [-0.1, -0.05) is 15.9 Å². The highest BCUT2D eigenvalue weighted by Gasteiger charge is 2.13. The fraction of sp³-hybridized carbons (Fsp3) is 0.0625. The number of hydrogen-bond acceptors (Lipinski definition) is 3. The zero-order chi connectivity index (χ0) is 16.8. The molecule has 5 nitrogen and oxygen atoms in total. The SMILES string of the molecule is O=c1[nH]c(Cc2nc3c(F)c(F)ccc3[nH]2)nc2ccc(Br)cc12. The molecule has 24 heavy (non-hydrogen) atoms. The summed E-state index contributed by atoms with van der Waals surface area (Å²) in [4.78, 5) is 26.2. The largest absolute Gasteiger partial charge is 0.342 e. The maximum absolute atomic E-state index is 13.7. The Labute approximate surface area is 141 Å². The van der Waals surface area contributed by atoms with Crippen LogP contribution in [0.25, 0.3) is 21.9 Å². The molecule has 2 N–H and O–H groups in total. The Balaban J connectivity index is 1.78. The Hall–Kier alpha value is -2.61. The van der Waals surface area contributed by atoms with Crippen LogP contribution < -0.4 is 5.56 Å². The highest BCUT2D eigenvalue weighted by atomic mass is 79.9. The summed E-state index contributed by atoms with van der Waals surface area (Å²) in [6.45, 7) is 0. The smallest absolute Gasteiger partial charge is 0.258 e. The maximum Gasteiger partial charge on any atom is 0.258 e. The van der Waals surface area contributed by atoms with E-state index in [1.54, 1.807) is 18.2 Å². The molecular weight excluding hydrogens is 382 g/mol. The summed E-state index contributed by atoms with van der Waals surface area (Å²) < 4.78 is 27.8. The maximum atomic E-state index is 13.7. The lowest BCUT2D eigenvalue weighted by atomic mass is 10.2. The number of imidazole rings is 1. The van der Waals surface area contributed by atoms with Crippen molar-refractivity contribution in [2.24, 2.45) is 0 Å². The van der Waals surface area contributed by atoms with E-state index in [2.05, 4.69) is 35.9 Å². The fourth-order valence-corrected chi connectivity index (χ4v) is 2.91. The summed E-state index contributed by atoms with van der Waals surface area (Å²) in [6, 6.07) is 7.65. The molecule has 0 radical (unpaired) electrons. The van der Waals surface area contributed by atoms with Crippen LogP contribution in [0.15, 0.2) is 39.6 Å². The third-order valence-corrected chi connectivity index (χ3v) is 4.14. The van der Waals surface area contributed by atoms with Crippen molar-refractivity contribution in [3.8, 4) is 0 Å². The summed E-state index contributed by atoms with van der Waals surface area (Å²) in [5.41, 5.74) is 0.586. The Morgan fingerprint density at radius 2 is 1.83 bits per heavy atom. The molecule has 2 heterocycles. The molecule has 0 saturated carbocycles. The molecule has 4 aromatic rings. The van der Waals surface area contributed by atoms with E-state index in [-0.39, 0.29) is 17.5 Å². The monoisotopic (exact) mass is 390 g/mol. The zero-order valence-corrected chi connectivity index (χ0v) is 13.6. The number of aromatic nitrogens is 4. The van der Waals surface area contributed by atoms with Gasteiger partial charge in [-0.15, -0.1) is 0 Å². The molecule has 0 bridgehead atoms. The normalized spacial score (nSPS) is 11.5. The van der Waals surface area contributed by atoms with Gasteiger partial charge in [-0.3, -0.25) is 4.79 Å². The molecule has 0 saturated heterocycles. The minimum Gasteiger partial charge on any atom is -0.342 e. The van der Waals surface area contributed by atoms with Gasteiger partial charge in [0.2, 0.25) is 0 Å². The zero-order valence-electron chi connectivity index (χ0n) is 12.0. The van der Waals surface area contributed by atoms with Crippen LogP contribution in [0.4, 0.5) is 8.78 Å². The summed E-state index contributed by atoms with van der Waals surface area (Å²) >= 11 is 3.31. The van der Waals surface area contributed by atoms with Crippen molar-refractivity contribution in [1.29, 1.82) is 0 Å². The van der Waals surface area contributed by atoms with Crippen LogP contribution in [-0.2, 0) is 6.42 Å². The van der Waals surface area contributed by atoms with Gasteiger partial charge in [0.1, 0.15) is 17.2 Å². The van der Waals surface area contributed by atoms with Crippen LogP contribution in [0.1, 0.15) is 11.6 Å². The van der Waals surface area contributed by atoms with Gasteiger partial charge in [-0.2, -0.15) is 0 Å². The molecule has 0 amide bonds. The molecule has 120 valence electrons. The molecular formula is C16H9BrF2N4O. The first-order valence-electron chi connectivity index (χ1n) is 7.02. The second-order valence-corrected chi connectivity index (χ2v) is 6.21. The van der Waals surface area contributed by atoms with E-state index >= 15 is 0 Å². The summed E-state index contributed by atoms with van der Waals surface area (Å²) in [5, 5.41) is 0.464. The van der Waals surface area contributed by atoms with E-state index in [4.69, 9.17) is 0 Å². The van der Waals surface area contributed by atoms with Gasteiger partial charge in [0, 0.05) is 4.47 Å². The highest BCUT2D eigenvalue weighted by Crippen LogP contribution is 2.19. The topological polar surface area (TPSA) is 74.4 Å². The molecule has 4 rings (SSSR count). The number of halogens is 3. The van der Waals surface area contributed by atoms with Crippen molar-refractivity contribution in [2.45, 2.75) is 6.42 Å². The van der Waals surface area contributed by atoms with E-state index in [0.717, 1.165) is 10.5 Å². The minimum absolute atomic E-state index is 0.0722. The fourth-order valence-electron chi connectivity index (χ4n) is 2.55. The average molecular weight is 391 g/mol. The number of rotatable bonds is 2. The number of H-pyrrole nitrogens is 2. The van der Waals surface area contributed by atoms with Gasteiger partial charge in [-0.05, 0) is 30.3 Å². The van der Waals surface area contributed by atoms with Crippen LogP contribution in [0, 0.1) is 11.6 Å². The van der Waals surface area contributed by atoms with Crippen molar-refractivity contribution >= 4 is 37.9 Å². The van der Waals surface area contributed by atoms with E-state index in [1.165, 1.54) is 6.07 Å². The Bertz CT molecular complexity index is 1150. The van der Waals surface area contributed by atoms with Crippen LogP contribution in [0.5, 0.6) is 0 Å². The predicted molar refractivity (Wildman–Crippen MR) is 88.9 cm³/mol. The molecule has 0 spiro atoms. The third kappa shape index (κ3) is 2.48. The Morgan fingerprint density at radius 1 is 1.04 bits per heavy atom. The van der Waals surface area contributed by atoms with Crippen LogP contribution in [0.3, 0.4) is 0 Å². The van der Waals surface area contributed by atoms with Crippen LogP contribution in [-0.4, -0.2) is 19.9 Å². The van der Waals surface area contributed by atoms with Gasteiger partial charge in [0.15, 0.2) is 11.6 Å². The number of nitrogens with zero attached hydrogens (tertiary/aromatic N) is 2. The first-order valence-corrected chi connectivity index (χ1v) is 7.81. The number of aromatic amines is 2. The number of hydrogen-bond donors (Lipinski definition) is 2. The molecule has 0 atom stereocenters. The van der Waals surface area contributed by atoms with Crippen LogP contribution in [0.2, 0.25) is 0 Å². The van der Waals surface area contributed by atoms with Crippen molar-refractivity contribution in [3.05, 3.63) is 68.4 Å². The number of fused-ring (bicyclic) bond motifs is 2.